The van der Waals surface area contributed by atoms with Crippen LogP contribution in [0.4, 0.5) is 0 Å². The second-order valence-corrected chi connectivity index (χ2v) is 4.67. The summed E-state index contributed by atoms with van der Waals surface area (Å²) in [4.78, 5) is 22.7. The number of benzene rings is 2. The fraction of sp³-hybridized carbons (Fsp3) is 0.200. The zero-order valence-corrected chi connectivity index (χ0v) is 12.1. The number of rotatable bonds is 3. The summed E-state index contributed by atoms with van der Waals surface area (Å²) in [5.41, 5.74) is 1.05. The summed E-state index contributed by atoms with van der Waals surface area (Å²) < 4.78 is 10.3. The highest BCUT2D eigenvalue weighted by molar-refractivity contribution is 6.68. The fourth-order valence-electron chi connectivity index (χ4n) is 2.09. The average Bonchev–Trinajstić information content (AvgIpc) is 2.40. The molecule has 0 N–H and O–H groups in total. The molecule has 0 aliphatic rings. The molecular weight excluding hydrogens is 280 g/mol. The molecule has 0 bridgehead atoms. The Morgan fingerprint density at radius 2 is 1.85 bits per heavy atom. The Morgan fingerprint density at radius 1 is 1.15 bits per heavy atom. The zero-order chi connectivity index (χ0) is 14.9. The van der Waals surface area contributed by atoms with Gasteiger partial charge in [-0.3, -0.25) is 9.59 Å². The van der Waals surface area contributed by atoms with Crippen LogP contribution in [0, 0.1) is 6.92 Å². The second kappa shape index (κ2) is 5.51. The molecule has 0 atom stereocenters. The van der Waals surface area contributed by atoms with E-state index in [1.165, 1.54) is 13.0 Å². The maximum Gasteiger partial charge on any atom is 0.308 e. The van der Waals surface area contributed by atoms with Crippen molar-refractivity contribution in [1.29, 1.82) is 0 Å². The number of hydrogen-bond donors (Lipinski definition) is 0. The summed E-state index contributed by atoms with van der Waals surface area (Å²) >= 11 is 5.57. The van der Waals surface area contributed by atoms with Crippen LogP contribution < -0.4 is 9.47 Å². The maximum absolute atomic E-state index is 11.5. The van der Waals surface area contributed by atoms with Crippen LogP contribution in [0.15, 0.2) is 24.3 Å². The molecule has 0 aliphatic carbocycles. The van der Waals surface area contributed by atoms with Crippen molar-refractivity contribution >= 4 is 33.6 Å². The highest BCUT2D eigenvalue weighted by atomic mass is 35.5. The van der Waals surface area contributed by atoms with E-state index in [9.17, 15) is 9.59 Å². The van der Waals surface area contributed by atoms with E-state index in [0.717, 1.165) is 10.9 Å². The lowest BCUT2D eigenvalue weighted by Gasteiger charge is -2.12. The highest BCUT2D eigenvalue weighted by Crippen LogP contribution is 2.34. The normalized spacial score (nSPS) is 10.4. The fourth-order valence-corrected chi connectivity index (χ4v) is 2.28. The summed E-state index contributed by atoms with van der Waals surface area (Å²) in [5.74, 6) is 0.460. The molecule has 2 aromatic rings. The van der Waals surface area contributed by atoms with Crippen molar-refractivity contribution < 1.29 is 19.1 Å². The Labute approximate surface area is 121 Å². The van der Waals surface area contributed by atoms with Crippen molar-refractivity contribution in [2.24, 2.45) is 0 Å². The van der Waals surface area contributed by atoms with Gasteiger partial charge in [0.05, 0.1) is 7.11 Å². The van der Waals surface area contributed by atoms with Gasteiger partial charge in [-0.25, -0.2) is 0 Å². The first-order chi connectivity index (χ1) is 9.43. The van der Waals surface area contributed by atoms with Crippen molar-refractivity contribution in [3.63, 3.8) is 0 Å². The molecule has 0 aromatic heterocycles. The molecule has 4 nitrogen and oxygen atoms in total. The Kier molecular flexibility index (Phi) is 3.95. The topological polar surface area (TPSA) is 52.6 Å². The number of aryl methyl sites for hydroxylation is 1. The number of methoxy groups -OCH3 is 1. The maximum atomic E-state index is 11.5. The number of fused-ring (bicyclic) bond motifs is 1. The predicted molar refractivity (Wildman–Crippen MR) is 76.7 cm³/mol. The van der Waals surface area contributed by atoms with Gasteiger partial charge in [0.1, 0.15) is 11.5 Å². The molecule has 104 valence electrons. The van der Waals surface area contributed by atoms with Crippen LogP contribution >= 0.6 is 11.6 Å². The lowest BCUT2D eigenvalue weighted by molar-refractivity contribution is -0.131. The summed E-state index contributed by atoms with van der Waals surface area (Å²) in [6, 6.07) is 6.81. The SMILES string of the molecule is COc1ccc2c(C)c(C(=O)Cl)cc(OC(C)=O)c2c1. The molecule has 0 fully saturated rings. The Balaban J connectivity index is 2.81. The standard InChI is InChI=1S/C15H13ClO4/c1-8-11-5-4-10(19-3)6-13(11)14(20-9(2)17)7-12(8)15(16)18/h4-7H,1-3H3. The van der Waals surface area contributed by atoms with Crippen LogP contribution in [0.3, 0.4) is 0 Å². The smallest absolute Gasteiger partial charge is 0.308 e. The molecule has 0 unspecified atom stereocenters. The van der Waals surface area contributed by atoms with Crippen LogP contribution in [-0.4, -0.2) is 18.3 Å². The average molecular weight is 293 g/mol. The largest absolute Gasteiger partial charge is 0.497 e. The van der Waals surface area contributed by atoms with Gasteiger partial charge >= 0.3 is 5.97 Å². The van der Waals surface area contributed by atoms with Gasteiger partial charge in [0.25, 0.3) is 5.24 Å². The minimum atomic E-state index is -0.589. The molecule has 5 heteroatoms. The lowest BCUT2D eigenvalue weighted by atomic mass is 9.99. The van der Waals surface area contributed by atoms with Crippen LogP contribution in [-0.2, 0) is 4.79 Å². The van der Waals surface area contributed by atoms with E-state index in [1.54, 1.807) is 32.2 Å². The Hall–Kier alpha value is -2.07. The van der Waals surface area contributed by atoms with Gasteiger partial charge in [0.2, 0.25) is 0 Å². The van der Waals surface area contributed by atoms with E-state index in [0.29, 0.717) is 22.4 Å². The molecule has 0 spiro atoms. The third kappa shape index (κ3) is 2.60. The van der Waals surface area contributed by atoms with E-state index in [4.69, 9.17) is 21.1 Å². The molecular formula is C15H13ClO4. The molecule has 2 aromatic carbocycles. The zero-order valence-electron chi connectivity index (χ0n) is 11.3. The van der Waals surface area contributed by atoms with Crippen LogP contribution in [0.5, 0.6) is 11.5 Å². The summed E-state index contributed by atoms with van der Waals surface area (Å²) in [5, 5.41) is 0.890. The van der Waals surface area contributed by atoms with Gasteiger partial charge in [0, 0.05) is 17.9 Å². The van der Waals surface area contributed by atoms with Gasteiger partial charge in [-0.05, 0) is 47.7 Å². The van der Waals surface area contributed by atoms with Gasteiger partial charge < -0.3 is 9.47 Å². The Morgan fingerprint density at radius 3 is 2.40 bits per heavy atom. The number of hydrogen-bond acceptors (Lipinski definition) is 4. The first-order valence-electron chi connectivity index (χ1n) is 5.93. The van der Waals surface area contributed by atoms with Crippen molar-refractivity contribution in [3.8, 4) is 11.5 Å². The molecule has 0 radical (unpaired) electrons. The second-order valence-electron chi connectivity index (χ2n) is 4.33. The highest BCUT2D eigenvalue weighted by Gasteiger charge is 2.16. The van der Waals surface area contributed by atoms with Gasteiger partial charge in [-0.2, -0.15) is 0 Å². The quantitative estimate of drug-likeness (QED) is 0.494. The van der Waals surface area contributed by atoms with E-state index in [2.05, 4.69) is 0 Å². The third-order valence-corrected chi connectivity index (χ3v) is 3.24. The number of carbonyl (C=O) groups is 2. The third-order valence-electron chi connectivity index (χ3n) is 3.04. The van der Waals surface area contributed by atoms with Crippen molar-refractivity contribution in [1.82, 2.24) is 0 Å². The monoisotopic (exact) mass is 292 g/mol. The minimum absolute atomic E-state index is 0.293. The van der Waals surface area contributed by atoms with Gasteiger partial charge in [0.15, 0.2) is 0 Å². The van der Waals surface area contributed by atoms with Crippen LogP contribution in [0.2, 0.25) is 0 Å². The van der Waals surface area contributed by atoms with Gasteiger partial charge in [-0.1, -0.05) is 6.07 Å². The number of halogens is 1. The predicted octanol–water partition coefficient (Wildman–Crippen LogP) is 3.46. The molecule has 0 heterocycles. The first-order valence-corrected chi connectivity index (χ1v) is 6.31. The van der Waals surface area contributed by atoms with E-state index in [-0.39, 0.29) is 0 Å². The van der Waals surface area contributed by atoms with Crippen LogP contribution in [0.25, 0.3) is 10.8 Å². The van der Waals surface area contributed by atoms with Crippen molar-refractivity contribution in [2.75, 3.05) is 7.11 Å². The van der Waals surface area contributed by atoms with E-state index < -0.39 is 11.2 Å². The van der Waals surface area contributed by atoms with E-state index in [1.807, 2.05) is 0 Å². The first kappa shape index (κ1) is 14.3. The molecule has 2 rings (SSSR count). The van der Waals surface area contributed by atoms with Crippen molar-refractivity contribution in [3.05, 3.63) is 35.4 Å². The molecule has 0 saturated carbocycles. The summed E-state index contributed by atoms with van der Waals surface area (Å²) in [6.45, 7) is 3.09. The summed E-state index contributed by atoms with van der Waals surface area (Å²) in [6.07, 6.45) is 0. The number of ether oxygens (including phenoxy) is 2. The summed E-state index contributed by atoms with van der Waals surface area (Å²) in [7, 11) is 1.55. The minimum Gasteiger partial charge on any atom is -0.497 e. The Bertz CT molecular complexity index is 707. The number of esters is 1. The van der Waals surface area contributed by atoms with E-state index >= 15 is 0 Å². The van der Waals surface area contributed by atoms with Crippen LogP contribution in [0.1, 0.15) is 22.8 Å². The van der Waals surface area contributed by atoms with Gasteiger partial charge in [-0.15, -0.1) is 0 Å². The molecule has 0 amide bonds. The lowest BCUT2D eigenvalue weighted by Crippen LogP contribution is -2.04. The number of carbonyl (C=O) groups excluding carboxylic acids is 2. The molecule has 0 saturated heterocycles. The van der Waals surface area contributed by atoms with Crippen molar-refractivity contribution in [2.45, 2.75) is 13.8 Å². The molecule has 0 aliphatic heterocycles. The molecule has 20 heavy (non-hydrogen) atoms.